The van der Waals surface area contributed by atoms with Gasteiger partial charge in [-0.3, -0.25) is 9.78 Å². The average molecular weight is 335 g/mol. The fourth-order valence-electron chi connectivity index (χ4n) is 2.98. The molecule has 0 spiro atoms. The first-order valence-corrected chi connectivity index (χ1v) is 8.19. The summed E-state index contributed by atoms with van der Waals surface area (Å²) in [5.74, 6) is -1.19. The molecule has 6 nitrogen and oxygen atoms in total. The number of carbonyl (C=O) groups is 2. The van der Waals surface area contributed by atoms with Crippen LogP contribution < -0.4 is 4.74 Å². The fraction of sp³-hybridized carbons (Fsp3) is 0.611. The van der Waals surface area contributed by atoms with E-state index in [1.165, 1.54) is 7.11 Å². The highest BCUT2D eigenvalue weighted by Gasteiger charge is 2.55. The van der Waals surface area contributed by atoms with E-state index < -0.39 is 29.1 Å². The van der Waals surface area contributed by atoms with Crippen molar-refractivity contribution in [3.63, 3.8) is 0 Å². The number of esters is 2. The molecule has 2 unspecified atom stereocenters. The van der Waals surface area contributed by atoms with Gasteiger partial charge in [-0.05, 0) is 52.2 Å². The number of nitrogens with zero attached hydrogens (tertiary/aromatic N) is 1. The minimum absolute atomic E-state index is 0.407. The first-order valence-electron chi connectivity index (χ1n) is 8.19. The Morgan fingerprint density at radius 3 is 2.46 bits per heavy atom. The second kappa shape index (κ2) is 7.20. The van der Waals surface area contributed by atoms with Crippen LogP contribution in [0.15, 0.2) is 24.5 Å². The van der Waals surface area contributed by atoms with Crippen LogP contribution in [0.25, 0.3) is 0 Å². The Morgan fingerprint density at radius 1 is 1.21 bits per heavy atom. The molecule has 1 saturated carbocycles. The third-order valence-corrected chi connectivity index (χ3v) is 4.03. The summed E-state index contributed by atoms with van der Waals surface area (Å²) in [6.07, 6.45) is 5.70. The zero-order chi connectivity index (χ0) is 17.8. The quantitative estimate of drug-likeness (QED) is 0.788. The van der Waals surface area contributed by atoms with Crippen LogP contribution in [0.3, 0.4) is 0 Å². The van der Waals surface area contributed by atoms with Gasteiger partial charge in [-0.2, -0.15) is 0 Å². The van der Waals surface area contributed by atoms with E-state index in [9.17, 15) is 9.59 Å². The van der Waals surface area contributed by atoms with E-state index in [4.69, 9.17) is 14.2 Å². The second-order valence-corrected chi connectivity index (χ2v) is 7.00. The number of ether oxygens (including phenoxy) is 3. The van der Waals surface area contributed by atoms with Crippen molar-refractivity contribution < 1.29 is 23.8 Å². The smallest absolute Gasteiger partial charge is 0.351 e. The Kier molecular flexibility index (Phi) is 5.47. The molecule has 1 heterocycles. The van der Waals surface area contributed by atoms with E-state index in [0.29, 0.717) is 18.6 Å². The molecular formula is C18H25NO5. The number of hydrogen-bond donors (Lipinski definition) is 0. The molecule has 0 aliphatic heterocycles. The Bertz CT molecular complexity index is 581. The molecule has 0 amide bonds. The van der Waals surface area contributed by atoms with Crippen molar-refractivity contribution in [3.8, 4) is 5.75 Å². The summed E-state index contributed by atoms with van der Waals surface area (Å²) in [6.45, 7) is 5.38. The van der Waals surface area contributed by atoms with Crippen LogP contribution >= 0.6 is 0 Å². The van der Waals surface area contributed by atoms with Crippen molar-refractivity contribution in [1.82, 2.24) is 4.98 Å². The van der Waals surface area contributed by atoms with Crippen molar-refractivity contribution in [1.29, 1.82) is 0 Å². The SMILES string of the molecule is COC(=O)C1CCCCC1(Oc1ccncc1)C(=O)OC(C)(C)C. The van der Waals surface area contributed by atoms with Crippen LogP contribution in [0.4, 0.5) is 0 Å². The lowest BCUT2D eigenvalue weighted by atomic mass is 9.74. The van der Waals surface area contributed by atoms with Crippen molar-refractivity contribution in [2.75, 3.05) is 7.11 Å². The fourth-order valence-corrected chi connectivity index (χ4v) is 2.98. The van der Waals surface area contributed by atoms with Gasteiger partial charge >= 0.3 is 11.9 Å². The Labute approximate surface area is 142 Å². The average Bonchev–Trinajstić information content (AvgIpc) is 2.54. The van der Waals surface area contributed by atoms with E-state index in [0.717, 1.165) is 12.8 Å². The monoisotopic (exact) mass is 335 g/mol. The molecule has 1 aromatic rings. The highest BCUT2D eigenvalue weighted by Crippen LogP contribution is 2.40. The van der Waals surface area contributed by atoms with Crippen LogP contribution in [0.1, 0.15) is 46.5 Å². The maximum absolute atomic E-state index is 13.0. The Morgan fingerprint density at radius 2 is 1.88 bits per heavy atom. The number of methoxy groups -OCH3 is 1. The molecule has 1 aliphatic rings. The van der Waals surface area contributed by atoms with Gasteiger partial charge < -0.3 is 14.2 Å². The van der Waals surface area contributed by atoms with Crippen LogP contribution in [0.2, 0.25) is 0 Å². The van der Waals surface area contributed by atoms with Crippen molar-refractivity contribution in [3.05, 3.63) is 24.5 Å². The third-order valence-electron chi connectivity index (χ3n) is 4.03. The van der Waals surface area contributed by atoms with Crippen molar-refractivity contribution >= 4 is 11.9 Å². The summed E-state index contributed by atoms with van der Waals surface area (Å²) in [6, 6.07) is 3.32. The number of pyridine rings is 1. The van der Waals surface area contributed by atoms with Gasteiger partial charge in [0.25, 0.3) is 0 Å². The molecule has 2 rings (SSSR count). The second-order valence-electron chi connectivity index (χ2n) is 7.00. The molecule has 1 aromatic heterocycles. The summed E-state index contributed by atoms with van der Waals surface area (Å²) in [4.78, 5) is 29.3. The minimum Gasteiger partial charge on any atom is -0.475 e. The molecule has 0 saturated heterocycles. The zero-order valence-corrected chi connectivity index (χ0v) is 14.7. The molecule has 24 heavy (non-hydrogen) atoms. The van der Waals surface area contributed by atoms with Crippen molar-refractivity contribution in [2.45, 2.75) is 57.7 Å². The predicted molar refractivity (Wildman–Crippen MR) is 87.4 cm³/mol. The van der Waals surface area contributed by atoms with Gasteiger partial charge in [-0.1, -0.05) is 6.42 Å². The van der Waals surface area contributed by atoms with Gasteiger partial charge in [0.2, 0.25) is 5.60 Å². The normalized spacial score (nSPS) is 24.1. The van der Waals surface area contributed by atoms with Gasteiger partial charge in [0.05, 0.1) is 7.11 Å². The minimum atomic E-state index is -1.38. The van der Waals surface area contributed by atoms with Gasteiger partial charge in [-0.15, -0.1) is 0 Å². The number of carbonyl (C=O) groups excluding carboxylic acids is 2. The van der Waals surface area contributed by atoms with Crippen LogP contribution in [0, 0.1) is 5.92 Å². The first kappa shape index (κ1) is 18.2. The van der Waals surface area contributed by atoms with Gasteiger partial charge in [-0.25, -0.2) is 4.79 Å². The lowest BCUT2D eigenvalue weighted by Crippen LogP contribution is -2.57. The summed E-state index contributed by atoms with van der Waals surface area (Å²) < 4.78 is 16.6. The molecule has 6 heteroatoms. The Hall–Kier alpha value is -2.11. The molecule has 1 aliphatic carbocycles. The van der Waals surface area contributed by atoms with E-state index in [2.05, 4.69) is 4.98 Å². The first-order chi connectivity index (χ1) is 11.3. The lowest BCUT2D eigenvalue weighted by molar-refractivity contribution is -0.189. The molecule has 0 N–H and O–H groups in total. The van der Waals surface area contributed by atoms with E-state index in [1.807, 2.05) is 0 Å². The highest BCUT2D eigenvalue weighted by molar-refractivity contribution is 5.88. The molecule has 1 fully saturated rings. The topological polar surface area (TPSA) is 74.7 Å². The summed E-state index contributed by atoms with van der Waals surface area (Å²) >= 11 is 0. The summed E-state index contributed by atoms with van der Waals surface area (Å²) in [5, 5.41) is 0. The molecule has 0 aromatic carbocycles. The zero-order valence-electron chi connectivity index (χ0n) is 14.7. The molecule has 2 atom stereocenters. The van der Waals surface area contributed by atoms with Crippen molar-refractivity contribution in [2.24, 2.45) is 5.92 Å². The molecular weight excluding hydrogens is 310 g/mol. The van der Waals surface area contributed by atoms with Crippen LogP contribution in [-0.2, 0) is 19.1 Å². The van der Waals surface area contributed by atoms with E-state index >= 15 is 0 Å². The Balaban J connectivity index is 2.42. The van der Waals surface area contributed by atoms with E-state index in [1.54, 1.807) is 45.3 Å². The van der Waals surface area contributed by atoms with E-state index in [-0.39, 0.29) is 0 Å². The largest absolute Gasteiger partial charge is 0.475 e. The summed E-state index contributed by atoms with van der Waals surface area (Å²) in [5.41, 5.74) is -2.05. The maximum Gasteiger partial charge on any atom is 0.351 e. The number of hydrogen-bond acceptors (Lipinski definition) is 6. The standard InChI is InChI=1S/C18H25NO5/c1-17(2,3)24-16(21)18(23-13-8-11-19-12-9-13)10-6-5-7-14(18)15(20)22-4/h8-9,11-12,14H,5-7,10H2,1-4H3. The van der Waals surface area contributed by atoms with Gasteiger partial charge in [0.15, 0.2) is 0 Å². The molecule has 132 valence electrons. The van der Waals surface area contributed by atoms with Gasteiger partial charge in [0, 0.05) is 12.4 Å². The predicted octanol–water partition coefficient (Wildman–Crippen LogP) is 2.90. The molecule has 0 radical (unpaired) electrons. The van der Waals surface area contributed by atoms with Crippen LogP contribution in [-0.4, -0.2) is 35.2 Å². The number of rotatable bonds is 4. The molecule has 0 bridgehead atoms. The highest BCUT2D eigenvalue weighted by atomic mass is 16.6. The van der Waals surface area contributed by atoms with Crippen LogP contribution in [0.5, 0.6) is 5.75 Å². The van der Waals surface area contributed by atoms with Gasteiger partial charge in [0.1, 0.15) is 17.3 Å². The summed E-state index contributed by atoms with van der Waals surface area (Å²) in [7, 11) is 1.32. The third kappa shape index (κ3) is 4.04. The lowest BCUT2D eigenvalue weighted by Gasteiger charge is -2.41. The number of aromatic nitrogens is 1. The maximum atomic E-state index is 13.0.